The zero-order chi connectivity index (χ0) is 20.2. The first-order valence-electron chi connectivity index (χ1n) is 9.86. The Morgan fingerprint density at radius 2 is 1.97 bits per heavy atom. The number of carbonyl (C=O) groups is 1. The van der Waals surface area contributed by atoms with Crippen LogP contribution in [0.3, 0.4) is 0 Å². The summed E-state index contributed by atoms with van der Waals surface area (Å²) < 4.78 is 7.80. The second-order valence-corrected chi connectivity index (χ2v) is 7.20. The van der Waals surface area contributed by atoms with Crippen molar-refractivity contribution in [3.63, 3.8) is 0 Å². The Morgan fingerprint density at radius 1 is 1.21 bits per heavy atom. The summed E-state index contributed by atoms with van der Waals surface area (Å²) in [4.78, 5) is 23.1. The summed E-state index contributed by atoms with van der Waals surface area (Å²) in [6.45, 7) is 6.82. The lowest BCUT2D eigenvalue weighted by Gasteiger charge is -2.39. The van der Waals surface area contributed by atoms with Gasteiger partial charge in [0.25, 0.3) is 0 Å². The molecule has 0 saturated carbocycles. The van der Waals surface area contributed by atoms with Crippen LogP contribution in [-0.2, 0) is 6.54 Å². The molecule has 29 heavy (non-hydrogen) atoms. The number of nitrogens with zero attached hydrogens (tertiary/aromatic N) is 4. The molecule has 0 bridgehead atoms. The number of ether oxygens (including phenoxy) is 1. The average molecular weight is 391 g/mol. The van der Waals surface area contributed by atoms with Crippen molar-refractivity contribution in [2.24, 2.45) is 5.92 Å². The molecule has 1 aliphatic rings. The van der Waals surface area contributed by atoms with E-state index in [1.165, 1.54) is 0 Å². The number of nitrogens with one attached hydrogen (secondary N) is 1. The van der Waals surface area contributed by atoms with Gasteiger partial charge in [0.1, 0.15) is 11.6 Å². The molecule has 1 saturated heterocycles. The third-order valence-corrected chi connectivity index (χ3v) is 5.11. The fourth-order valence-electron chi connectivity index (χ4n) is 3.58. The number of aryl methyl sites for hydroxylation is 1. The van der Waals surface area contributed by atoms with Crippen molar-refractivity contribution < 1.29 is 9.53 Å². The summed E-state index contributed by atoms with van der Waals surface area (Å²) in [6, 6.07) is 11.3. The van der Waals surface area contributed by atoms with Crippen molar-refractivity contribution in [3.8, 4) is 17.1 Å². The van der Waals surface area contributed by atoms with Gasteiger partial charge in [-0.15, -0.1) is 0 Å². The average Bonchev–Trinajstić information content (AvgIpc) is 3.07. The molecule has 3 aromatic rings. The first-order chi connectivity index (χ1) is 14.2. The summed E-state index contributed by atoms with van der Waals surface area (Å²) >= 11 is 0. The number of anilines is 1. The number of hydrogen-bond acceptors (Lipinski definition) is 4. The summed E-state index contributed by atoms with van der Waals surface area (Å²) in [7, 11) is 0. The summed E-state index contributed by atoms with van der Waals surface area (Å²) in [6.07, 6.45) is 5.45. The minimum Gasteiger partial charge on any atom is -0.492 e. The molecule has 4 rings (SSSR count). The molecule has 0 unspecified atom stereocenters. The van der Waals surface area contributed by atoms with Crippen LogP contribution in [0.15, 0.2) is 55.0 Å². The van der Waals surface area contributed by atoms with E-state index in [1.807, 2.05) is 54.4 Å². The van der Waals surface area contributed by atoms with Crippen LogP contribution in [0, 0.1) is 12.8 Å². The lowest BCUT2D eigenvalue weighted by molar-refractivity contribution is 0.120. The number of rotatable bonds is 6. The van der Waals surface area contributed by atoms with Gasteiger partial charge < -0.3 is 19.5 Å². The number of benzene rings is 1. The van der Waals surface area contributed by atoms with Crippen molar-refractivity contribution in [2.45, 2.75) is 20.4 Å². The third kappa shape index (κ3) is 4.08. The highest BCUT2D eigenvalue weighted by Gasteiger charge is 2.32. The Morgan fingerprint density at radius 3 is 2.72 bits per heavy atom. The van der Waals surface area contributed by atoms with Gasteiger partial charge in [0.2, 0.25) is 0 Å². The van der Waals surface area contributed by atoms with Gasteiger partial charge in [0.05, 0.1) is 12.3 Å². The number of carbonyl (C=O) groups excluding carboxylic acids is 1. The van der Waals surface area contributed by atoms with Gasteiger partial charge in [-0.3, -0.25) is 4.98 Å². The van der Waals surface area contributed by atoms with Crippen LogP contribution in [0.4, 0.5) is 10.5 Å². The van der Waals surface area contributed by atoms with Crippen molar-refractivity contribution in [3.05, 3.63) is 60.7 Å². The molecule has 1 N–H and O–H groups in total. The first kappa shape index (κ1) is 19.0. The monoisotopic (exact) mass is 391 g/mol. The van der Waals surface area contributed by atoms with Crippen LogP contribution in [-0.4, -0.2) is 45.2 Å². The molecular weight excluding hydrogens is 366 g/mol. The minimum absolute atomic E-state index is 0.0925. The third-order valence-electron chi connectivity index (χ3n) is 5.11. The predicted molar refractivity (Wildman–Crippen MR) is 112 cm³/mol. The van der Waals surface area contributed by atoms with E-state index in [0.717, 1.165) is 36.7 Å². The number of pyridine rings is 1. The Balaban J connectivity index is 1.37. The molecule has 150 valence electrons. The number of aromatic nitrogens is 3. The van der Waals surface area contributed by atoms with Crippen molar-refractivity contribution >= 4 is 11.7 Å². The van der Waals surface area contributed by atoms with Crippen LogP contribution in [0.2, 0.25) is 0 Å². The normalized spacial score (nSPS) is 13.8. The number of urea groups is 1. The molecule has 7 heteroatoms. The summed E-state index contributed by atoms with van der Waals surface area (Å²) in [5.74, 6) is 2.03. The second-order valence-electron chi connectivity index (χ2n) is 7.20. The maximum atomic E-state index is 12.6. The van der Waals surface area contributed by atoms with Crippen LogP contribution >= 0.6 is 0 Å². The van der Waals surface area contributed by atoms with Crippen LogP contribution in [0.25, 0.3) is 11.4 Å². The van der Waals surface area contributed by atoms with Gasteiger partial charge in [0.15, 0.2) is 0 Å². The van der Waals surface area contributed by atoms with Crippen molar-refractivity contribution in [1.29, 1.82) is 0 Å². The fraction of sp³-hybridized carbons (Fsp3) is 0.318. The van der Waals surface area contributed by atoms with Crippen molar-refractivity contribution in [2.75, 3.05) is 25.0 Å². The standard InChI is InChI=1S/C22H25N5O2/c1-3-29-20-7-5-4-6-19(20)25-22(28)26-13-17(14-26)15-27-16(2)12-24-21(27)18-8-10-23-11-9-18/h4-12,17H,3,13-15H2,1-2H3,(H,25,28). The van der Waals surface area contributed by atoms with Gasteiger partial charge >= 0.3 is 6.03 Å². The van der Waals surface area contributed by atoms with Crippen molar-refractivity contribution in [1.82, 2.24) is 19.4 Å². The van der Waals surface area contributed by atoms with Gasteiger partial charge in [-0.2, -0.15) is 0 Å². The van der Waals surface area contributed by atoms with E-state index in [2.05, 4.69) is 26.8 Å². The highest BCUT2D eigenvalue weighted by molar-refractivity contribution is 5.91. The Labute approximate surface area is 170 Å². The Kier molecular flexibility index (Phi) is 5.46. The number of imidazole rings is 1. The maximum absolute atomic E-state index is 12.6. The zero-order valence-electron chi connectivity index (χ0n) is 16.7. The number of likely N-dealkylation sites (tertiary alicyclic amines) is 1. The lowest BCUT2D eigenvalue weighted by atomic mass is 10.0. The first-order valence-corrected chi connectivity index (χ1v) is 9.86. The van der Waals surface area contributed by atoms with Gasteiger partial charge in [-0.1, -0.05) is 12.1 Å². The fourth-order valence-corrected chi connectivity index (χ4v) is 3.58. The van der Waals surface area contributed by atoms with Crippen LogP contribution in [0.5, 0.6) is 5.75 Å². The van der Waals surface area contributed by atoms with Crippen LogP contribution < -0.4 is 10.1 Å². The molecule has 0 spiro atoms. The zero-order valence-corrected chi connectivity index (χ0v) is 16.7. The van der Waals surface area contributed by atoms with Gasteiger partial charge in [-0.25, -0.2) is 9.78 Å². The van der Waals surface area contributed by atoms with Crippen LogP contribution in [0.1, 0.15) is 12.6 Å². The van der Waals surface area contributed by atoms with Gasteiger partial charge in [0, 0.05) is 55.4 Å². The molecule has 3 heterocycles. The van der Waals surface area contributed by atoms with E-state index in [0.29, 0.717) is 24.0 Å². The number of amides is 2. The molecule has 2 amide bonds. The highest BCUT2D eigenvalue weighted by Crippen LogP contribution is 2.27. The molecule has 1 aromatic carbocycles. The van der Waals surface area contributed by atoms with E-state index >= 15 is 0 Å². The Hall–Kier alpha value is -3.35. The molecule has 0 aliphatic carbocycles. The van der Waals surface area contributed by atoms with E-state index in [4.69, 9.17) is 4.74 Å². The molecule has 1 aliphatic heterocycles. The minimum atomic E-state index is -0.0925. The molecule has 0 radical (unpaired) electrons. The largest absolute Gasteiger partial charge is 0.492 e. The molecular formula is C22H25N5O2. The SMILES string of the molecule is CCOc1ccccc1NC(=O)N1CC(Cn2c(C)cnc2-c2ccncc2)C1. The van der Waals surface area contributed by atoms with E-state index in [9.17, 15) is 4.79 Å². The Bertz CT molecular complexity index is 980. The molecule has 2 aromatic heterocycles. The summed E-state index contributed by atoms with van der Waals surface area (Å²) in [5.41, 5.74) is 2.87. The smallest absolute Gasteiger partial charge is 0.321 e. The van der Waals surface area contributed by atoms with E-state index < -0.39 is 0 Å². The van der Waals surface area contributed by atoms with Gasteiger partial charge in [-0.05, 0) is 38.1 Å². The quantitative estimate of drug-likeness (QED) is 0.693. The van der Waals surface area contributed by atoms with E-state index in [1.54, 1.807) is 12.4 Å². The summed E-state index contributed by atoms with van der Waals surface area (Å²) in [5, 5.41) is 2.96. The molecule has 7 nitrogen and oxygen atoms in total. The number of para-hydroxylation sites is 2. The second kappa shape index (κ2) is 8.34. The highest BCUT2D eigenvalue weighted by atomic mass is 16.5. The predicted octanol–water partition coefficient (Wildman–Crippen LogP) is 3.82. The lowest BCUT2D eigenvalue weighted by Crippen LogP contribution is -2.53. The molecule has 0 atom stereocenters. The topological polar surface area (TPSA) is 72.3 Å². The maximum Gasteiger partial charge on any atom is 0.321 e. The number of hydrogen-bond donors (Lipinski definition) is 1. The molecule has 1 fully saturated rings. The van der Waals surface area contributed by atoms with E-state index in [-0.39, 0.29) is 6.03 Å².